The standard InChI is InChI=1S/C22H16FIN4O3S2/c23-13-5-6-15-18(10-13)33-21(26-15)25-14-4-1-3-12(9-14)16-11-17(31-27-16)19(32)28-8-2-7-22(28,24)20(29)30/h1,3-6,9-11H,2,7-8H2,(H,25,26)(H,29,30). The molecule has 1 atom stereocenters. The van der Waals surface area contributed by atoms with Crippen LogP contribution in [0, 0.1) is 5.82 Å². The molecule has 168 valence electrons. The number of anilines is 2. The highest BCUT2D eigenvalue weighted by Crippen LogP contribution is 2.38. The number of nitrogens with one attached hydrogen (secondary N) is 1. The normalized spacial score (nSPS) is 18.1. The molecular weight excluding hydrogens is 578 g/mol. The van der Waals surface area contributed by atoms with E-state index in [0.717, 1.165) is 27.9 Å². The minimum Gasteiger partial charge on any atom is -0.479 e. The maximum Gasteiger partial charge on any atom is 0.339 e. The number of alkyl halides is 1. The smallest absolute Gasteiger partial charge is 0.339 e. The van der Waals surface area contributed by atoms with Crippen molar-refractivity contribution in [1.82, 2.24) is 15.0 Å². The summed E-state index contributed by atoms with van der Waals surface area (Å²) in [5.41, 5.74) is 2.89. The monoisotopic (exact) mass is 594 g/mol. The highest BCUT2D eigenvalue weighted by Gasteiger charge is 2.47. The van der Waals surface area contributed by atoms with E-state index < -0.39 is 9.51 Å². The van der Waals surface area contributed by atoms with Gasteiger partial charge in [0.05, 0.1) is 10.2 Å². The second-order valence-electron chi connectivity index (χ2n) is 7.54. The van der Waals surface area contributed by atoms with Gasteiger partial charge in [0.15, 0.2) is 14.4 Å². The summed E-state index contributed by atoms with van der Waals surface area (Å²) in [5.74, 6) is -0.855. The zero-order valence-electron chi connectivity index (χ0n) is 16.9. The summed E-state index contributed by atoms with van der Waals surface area (Å²) in [6.45, 7) is 0.551. The van der Waals surface area contributed by atoms with Crippen molar-refractivity contribution in [1.29, 1.82) is 0 Å². The lowest BCUT2D eigenvalue weighted by molar-refractivity contribution is -0.141. The molecule has 3 heterocycles. The fourth-order valence-corrected chi connectivity index (χ4v) is 6.03. The van der Waals surface area contributed by atoms with Crippen LogP contribution >= 0.6 is 46.1 Å². The Kier molecular flexibility index (Phi) is 5.79. The molecular formula is C22H16FIN4O3S2. The minimum atomic E-state index is -1.08. The van der Waals surface area contributed by atoms with Gasteiger partial charge in [-0.05, 0) is 65.8 Å². The van der Waals surface area contributed by atoms with Crippen molar-refractivity contribution in [3.8, 4) is 11.3 Å². The van der Waals surface area contributed by atoms with Crippen molar-refractivity contribution in [2.24, 2.45) is 0 Å². The largest absolute Gasteiger partial charge is 0.479 e. The van der Waals surface area contributed by atoms with Gasteiger partial charge in [0, 0.05) is 23.9 Å². The molecule has 4 aromatic rings. The van der Waals surface area contributed by atoms with Gasteiger partial charge in [0.2, 0.25) is 0 Å². The molecule has 2 aromatic heterocycles. The Morgan fingerprint density at radius 3 is 2.97 bits per heavy atom. The molecule has 0 saturated carbocycles. The number of hydrogen-bond acceptors (Lipinski definition) is 7. The van der Waals surface area contributed by atoms with Crippen molar-refractivity contribution in [2.75, 3.05) is 11.9 Å². The SMILES string of the molecule is O=C(O)C1(I)CCCN1C(=S)c1cc(-c2cccc(Nc3nc4ccc(F)cc4s3)c2)no1. The van der Waals surface area contributed by atoms with E-state index in [1.807, 2.05) is 46.9 Å². The second-order valence-corrected chi connectivity index (χ2v) is 10.7. The molecule has 1 aliphatic heterocycles. The molecule has 2 N–H and O–H groups in total. The lowest BCUT2D eigenvalue weighted by atomic mass is 10.1. The van der Waals surface area contributed by atoms with Crippen LogP contribution in [0.25, 0.3) is 21.5 Å². The number of aliphatic carboxylic acids is 1. The van der Waals surface area contributed by atoms with Crippen LogP contribution in [-0.2, 0) is 4.79 Å². The first-order valence-electron chi connectivity index (χ1n) is 9.98. The maximum absolute atomic E-state index is 13.5. The Hall–Kier alpha value is -2.64. The number of aromatic nitrogens is 2. The first-order valence-corrected chi connectivity index (χ1v) is 12.3. The van der Waals surface area contributed by atoms with E-state index in [4.69, 9.17) is 16.7 Å². The van der Waals surface area contributed by atoms with Gasteiger partial charge < -0.3 is 19.8 Å². The van der Waals surface area contributed by atoms with Crippen LogP contribution in [0.3, 0.4) is 0 Å². The lowest BCUT2D eigenvalue weighted by Crippen LogP contribution is -2.47. The summed E-state index contributed by atoms with van der Waals surface area (Å²) in [6, 6.07) is 13.8. The van der Waals surface area contributed by atoms with Crippen LogP contribution in [-0.4, -0.2) is 41.2 Å². The van der Waals surface area contributed by atoms with E-state index in [1.54, 1.807) is 17.0 Å². The predicted molar refractivity (Wildman–Crippen MR) is 137 cm³/mol. The quantitative estimate of drug-likeness (QED) is 0.129. The fourth-order valence-electron chi connectivity index (χ4n) is 3.75. The molecule has 1 fully saturated rings. The third kappa shape index (κ3) is 4.20. The van der Waals surface area contributed by atoms with Crippen molar-refractivity contribution in [3.63, 3.8) is 0 Å². The topological polar surface area (TPSA) is 91.5 Å². The number of carboxylic acids is 1. The van der Waals surface area contributed by atoms with Crippen LogP contribution in [0.15, 0.2) is 53.1 Å². The molecule has 11 heteroatoms. The van der Waals surface area contributed by atoms with E-state index >= 15 is 0 Å². The van der Waals surface area contributed by atoms with E-state index in [9.17, 15) is 14.3 Å². The number of benzene rings is 2. The van der Waals surface area contributed by atoms with E-state index in [-0.39, 0.29) is 5.82 Å². The van der Waals surface area contributed by atoms with Gasteiger partial charge in [-0.2, -0.15) is 0 Å². The Balaban J connectivity index is 1.37. The Morgan fingerprint density at radius 2 is 2.15 bits per heavy atom. The molecule has 0 amide bonds. The van der Waals surface area contributed by atoms with Gasteiger partial charge >= 0.3 is 5.97 Å². The van der Waals surface area contributed by atoms with Crippen LogP contribution < -0.4 is 5.32 Å². The summed E-state index contributed by atoms with van der Waals surface area (Å²) < 4.78 is 18.6. The Labute approximate surface area is 210 Å². The number of nitrogens with zero attached hydrogens (tertiary/aromatic N) is 3. The van der Waals surface area contributed by atoms with Crippen molar-refractivity contribution in [3.05, 3.63) is 60.1 Å². The first-order chi connectivity index (χ1) is 15.8. The zero-order chi connectivity index (χ0) is 23.2. The summed E-state index contributed by atoms with van der Waals surface area (Å²) in [6.07, 6.45) is 1.25. The van der Waals surface area contributed by atoms with E-state index in [0.29, 0.717) is 34.5 Å². The first kappa shape index (κ1) is 22.2. The van der Waals surface area contributed by atoms with Gasteiger partial charge in [-0.25, -0.2) is 14.2 Å². The average molecular weight is 594 g/mol. The van der Waals surface area contributed by atoms with Crippen molar-refractivity contribution < 1.29 is 18.8 Å². The second kappa shape index (κ2) is 8.61. The van der Waals surface area contributed by atoms with E-state index in [2.05, 4.69) is 15.5 Å². The van der Waals surface area contributed by atoms with Gasteiger partial charge in [-0.1, -0.05) is 40.8 Å². The Bertz CT molecular complexity index is 1390. The highest BCUT2D eigenvalue weighted by atomic mass is 127. The Morgan fingerprint density at radius 1 is 1.30 bits per heavy atom. The third-order valence-corrected chi connectivity index (χ3v) is 8.31. The molecule has 5 rings (SSSR count). The maximum atomic E-state index is 13.5. The summed E-state index contributed by atoms with van der Waals surface area (Å²) >= 11 is 8.85. The predicted octanol–water partition coefficient (Wildman–Crippen LogP) is 5.82. The molecule has 1 unspecified atom stereocenters. The number of thiocarbonyl (C=S) groups is 1. The number of carbonyl (C=O) groups is 1. The summed E-state index contributed by atoms with van der Waals surface area (Å²) in [7, 11) is 0. The van der Waals surface area contributed by atoms with Crippen molar-refractivity contribution in [2.45, 2.75) is 16.4 Å². The van der Waals surface area contributed by atoms with Crippen LogP contribution in [0.4, 0.5) is 15.2 Å². The molecule has 0 aliphatic carbocycles. The molecule has 0 radical (unpaired) electrons. The van der Waals surface area contributed by atoms with Crippen LogP contribution in [0.5, 0.6) is 0 Å². The molecule has 7 nitrogen and oxygen atoms in total. The number of fused-ring (bicyclic) bond motifs is 1. The zero-order valence-corrected chi connectivity index (χ0v) is 20.7. The molecule has 2 aromatic carbocycles. The van der Waals surface area contributed by atoms with E-state index in [1.165, 1.54) is 23.5 Å². The fraction of sp³-hybridized carbons (Fsp3) is 0.182. The molecule has 1 saturated heterocycles. The van der Waals surface area contributed by atoms with Crippen LogP contribution in [0.1, 0.15) is 18.6 Å². The number of thiazole rings is 1. The summed E-state index contributed by atoms with van der Waals surface area (Å²) in [4.78, 5) is 18.3. The number of likely N-dealkylation sites (tertiary alicyclic amines) is 1. The molecule has 0 spiro atoms. The van der Waals surface area contributed by atoms with Gasteiger partial charge in [0.1, 0.15) is 16.5 Å². The van der Waals surface area contributed by atoms with Crippen LogP contribution in [0.2, 0.25) is 0 Å². The van der Waals surface area contributed by atoms with Crippen molar-refractivity contribution >= 4 is 78.1 Å². The highest BCUT2D eigenvalue weighted by molar-refractivity contribution is 14.1. The molecule has 33 heavy (non-hydrogen) atoms. The van der Waals surface area contributed by atoms with Gasteiger partial charge in [-0.3, -0.25) is 0 Å². The minimum absolute atomic E-state index is 0.295. The molecule has 1 aliphatic rings. The van der Waals surface area contributed by atoms with Gasteiger partial charge in [-0.15, -0.1) is 0 Å². The third-order valence-electron chi connectivity index (χ3n) is 5.37. The average Bonchev–Trinajstić information content (AvgIpc) is 3.51. The lowest BCUT2D eigenvalue weighted by Gasteiger charge is -2.30. The summed E-state index contributed by atoms with van der Waals surface area (Å²) in [5, 5.41) is 17.7. The van der Waals surface area contributed by atoms with Gasteiger partial charge in [0.25, 0.3) is 0 Å². The molecule has 0 bridgehead atoms. The number of rotatable bonds is 5. The number of halogens is 2. The number of carboxylic acid groups (broad SMARTS) is 1. The number of hydrogen-bond donors (Lipinski definition) is 2.